The molecule has 4 aliphatic rings. The predicted molar refractivity (Wildman–Crippen MR) is 117 cm³/mol. The Hall–Kier alpha value is -2.02. The molecule has 1 amide bonds. The number of benzene rings is 1. The quantitative estimate of drug-likeness (QED) is 0.676. The molecule has 1 aromatic carbocycles. The van der Waals surface area contributed by atoms with Crippen molar-refractivity contribution in [1.82, 2.24) is 20.1 Å². The highest BCUT2D eigenvalue weighted by atomic mass is 32.2. The highest BCUT2D eigenvalue weighted by Gasteiger charge is 2.53. The minimum Gasteiger partial charge on any atom is -0.497 e. The van der Waals surface area contributed by atoms with Gasteiger partial charge in [0.1, 0.15) is 12.1 Å². The fourth-order valence-corrected chi connectivity index (χ4v) is 7.26. The highest BCUT2D eigenvalue weighted by molar-refractivity contribution is 7.99. The van der Waals surface area contributed by atoms with Crippen LogP contribution in [0.2, 0.25) is 0 Å². The van der Waals surface area contributed by atoms with Gasteiger partial charge in [-0.25, -0.2) is 0 Å². The lowest BCUT2D eigenvalue weighted by Crippen LogP contribution is -2.56. The van der Waals surface area contributed by atoms with Crippen LogP contribution in [0.5, 0.6) is 5.75 Å². The number of carbonyl (C=O) groups is 1. The van der Waals surface area contributed by atoms with Crippen molar-refractivity contribution in [3.8, 4) is 11.4 Å². The summed E-state index contributed by atoms with van der Waals surface area (Å²) in [5, 5.41) is 12.3. The van der Waals surface area contributed by atoms with E-state index in [1.54, 1.807) is 13.4 Å². The maximum absolute atomic E-state index is 12.8. The highest BCUT2D eigenvalue weighted by Crippen LogP contribution is 2.61. The lowest BCUT2D eigenvalue weighted by atomic mass is 9.48. The van der Waals surface area contributed by atoms with Crippen LogP contribution in [0, 0.1) is 23.2 Å². The molecule has 0 aliphatic heterocycles. The van der Waals surface area contributed by atoms with Crippen LogP contribution in [0.3, 0.4) is 0 Å². The summed E-state index contributed by atoms with van der Waals surface area (Å²) in [5.74, 6) is 3.94. The van der Waals surface area contributed by atoms with Crippen LogP contribution < -0.4 is 10.1 Å². The van der Waals surface area contributed by atoms with Gasteiger partial charge in [-0.2, -0.15) is 0 Å². The molecule has 4 fully saturated rings. The maximum Gasteiger partial charge on any atom is 0.230 e. The number of thioether (sulfide) groups is 1. The first-order chi connectivity index (χ1) is 14.5. The number of aromatic nitrogens is 3. The molecule has 1 aromatic heterocycles. The van der Waals surface area contributed by atoms with Gasteiger partial charge >= 0.3 is 0 Å². The van der Waals surface area contributed by atoms with Crippen molar-refractivity contribution < 1.29 is 9.53 Å². The first-order valence-electron chi connectivity index (χ1n) is 11.0. The van der Waals surface area contributed by atoms with Crippen LogP contribution in [-0.2, 0) is 4.79 Å². The molecule has 7 heteroatoms. The number of methoxy groups -OCH3 is 1. The molecular weight excluding hydrogens is 396 g/mol. The zero-order chi connectivity index (χ0) is 20.7. The van der Waals surface area contributed by atoms with E-state index in [0.29, 0.717) is 11.2 Å². The van der Waals surface area contributed by atoms with E-state index in [9.17, 15) is 4.79 Å². The fourth-order valence-electron chi connectivity index (χ4n) is 6.52. The van der Waals surface area contributed by atoms with Gasteiger partial charge < -0.3 is 10.1 Å². The van der Waals surface area contributed by atoms with Gasteiger partial charge in [-0.3, -0.25) is 9.36 Å². The van der Waals surface area contributed by atoms with E-state index >= 15 is 0 Å². The number of ether oxygens (including phenoxy) is 1. The van der Waals surface area contributed by atoms with Gasteiger partial charge in [0, 0.05) is 11.7 Å². The second kappa shape index (κ2) is 7.91. The molecule has 2 aromatic rings. The molecule has 6 rings (SSSR count). The van der Waals surface area contributed by atoms with Crippen LogP contribution in [0.1, 0.15) is 45.4 Å². The number of hydrogen-bond donors (Lipinski definition) is 1. The van der Waals surface area contributed by atoms with E-state index in [1.807, 2.05) is 28.8 Å². The number of amides is 1. The second-order valence-corrected chi connectivity index (χ2v) is 10.5. The molecule has 6 nitrogen and oxygen atoms in total. The first kappa shape index (κ1) is 19.9. The Morgan fingerprint density at radius 3 is 2.43 bits per heavy atom. The molecule has 160 valence electrons. The molecular formula is C23H30N4O2S. The van der Waals surface area contributed by atoms with Crippen molar-refractivity contribution in [2.45, 2.75) is 56.6 Å². The van der Waals surface area contributed by atoms with E-state index in [2.05, 4.69) is 22.4 Å². The lowest BCUT2D eigenvalue weighted by molar-refractivity contribution is -0.123. The molecule has 4 saturated carbocycles. The number of carbonyl (C=O) groups excluding carboxylic acids is 1. The number of hydrogen-bond acceptors (Lipinski definition) is 5. The second-order valence-electron chi connectivity index (χ2n) is 9.54. The molecule has 0 unspecified atom stereocenters. The van der Waals surface area contributed by atoms with Crippen molar-refractivity contribution in [2.24, 2.45) is 23.2 Å². The van der Waals surface area contributed by atoms with Crippen LogP contribution in [0.15, 0.2) is 35.7 Å². The number of rotatable bonds is 7. The van der Waals surface area contributed by atoms with Gasteiger partial charge in [0.15, 0.2) is 5.16 Å². The molecule has 4 aliphatic carbocycles. The Bertz CT molecular complexity index is 875. The largest absolute Gasteiger partial charge is 0.497 e. The van der Waals surface area contributed by atoms with Gasteiger partial charge in [0.05, 0.1) is 12.9 Å². The third kappa shape index (κ3) is 3.72. The van der Waals surface area contributed by atoms with Crippen molar-refractivity contribution >= 4 is 17.7 Å². The molecule has 0 radical (unpaired) electrons. The average molecular weight is 427 g/mol. The Morgan fingerprint density at radius 2 is 1.83 bits per heavy atom. The number of nitrogens with zero attached hydrogens (tertiary/aromatic N) is 3. The fraction of sp³-hybridized carbons (Fsp3) is 0.609. The standard InChI is InChI=1S/C23H30N4O2S/c1-15(23-10-16-7-17(11-23)9-18(8-16)12-23)25-21(28)13-30-22-26-24-14-27(22)19-3-5-20(29-2)6-4-19/h3-6,14-18H,7-13H2,1-2H3,(H,25,28)/t15-,16?,17?,18?,23?/m0/s1. The zero-order valence-corrected chi connectivity index (χ0v) is 18.5. The zero-order valence-electron chi connectivity index (χ0n) is 17.7. The molecule has 1 heterocycles. The van der Waals surface area contributed by atoms with Gasteiger partial charge in [-0.1, -0.05) is 11.8 Å². The Kier molecular flexibility index (Phi) is 5.25. The topological polar surface area (TPSA) is 69.0 Å². The lowest BCUT2D eigenvalue weighted by Gasteiger charge is -2.59. The third-order valence-corrected chi connectivity index (χ3v) is 8.52. The molecule has 1 N–H and O–H groups in total. The van der Waals surface area contributed by atoms with E-state index in [1.165, 1.54) is 50.3 Å². The Labute approximate surface area is 182 Å². The number of nitrogens with one attached hydrogen (secondary N) is 1. The van der Waals surface area contributed by atoms with E-state index in [-0.39, 0.29) is 11.9 Å². The van der Waals surface area contributed by atoms with Crippen molar-refractivity contribution in [2.75, 3.05) is 12.9 Å². The van der Waals surface area contributed by atoms with Crippen LogP contribution in [0.4, 0.5) is 0 Å². The Balaban J connectivity index is 1.20. The first-order valence-corrected chi connectivity index (χ1v) is 12.0. The van der Waals surface area contributed by atoms with E-state index in [4.69, 9.17) is 4.74 Å². The summed E-state index contributed by atoms with van der Waals surface area (Å²) < 4.78 is 7.12. The molecule has 1 atom stereocenters. The van der Waals surface area contributed by atoms with Crippen LogP contribution in [-0.4, -0.2) is 39.6 Å². The summed E-state index contributed by atoms with van der Waals surface area (Å²) in [6, 6.07) is 7.98. The van der Waals surface area contributed by atoms with Gasteiger partial charge in [-0.15, -0.1) is 10.2 Å². The SMILES string of the molecule is COc1ccc(-n2cnnc2SCC(=O)N[C@@H](C)C23CC4CC(CC(C4)C2)C3)cc1. The van der Waals surface area contributed by atoms with Crippen molar-refractivity contribution in [3.63, 3.8) is 0 Å². The molecule has 0 spiro atoms. The van der Waals surface area contributed by atoms with E-state index < -0.39 is 0 Å². The Morgan fingerprint density at radius 1 is 1.20 bits per heavy atom. The maximum atomic E-state index is 12.8. The van der Waals surface area contributed by atoms with Crippen molar-refractivity contribution in [3.05, 3.63) is 30.6 Å². The monoisotopic (exact) mass is 426 g/mol. The van der Waals surface area contributed by atoms with Gasteiger partial charge in [-0.05, 0) is 92.9 Å². The molecule has 4 bridgehead atoms. The van der Waals surface area contributed by atoms with Crippen LogP contribution in [0.25, 0.3) is 5.69 Å². The third-order valence-electron chi connectivity index (χ3n) is 7.58. The molecule has 0 saturated heterocycles. The summed E-state index contributed by atoms with van der Waals surface area (Å²) in [7, 11) is 1.65. The molecule has 30 heavy (non-hydrogen) atoms. The average Bonchev–Trinajstić information content (AvgIpc) is 3.20. The van der Waals surface area contributed by atoms with E-state index in [0.717, 1.165) is 34.3 Å². The summed E-state index contributed by atoms with van der Waals surface area (Å²) >= 11 is 1.43. The predicted octanol–water partition coefficient (Wildman–Crippen LogP) is 4.09. The summed E-state index contributed by atoms with van der Waals surface area (Å²) in [4.78, 5) is 12.8. The summed E-state index contributed by atoms with van der Waals surface area (Å²) in [6.07, 6.45) is 9.88. The minimum absolute atomic E-state index is 0.0903. The van der Waals surface area contributed by atoms with Gasteiger partial charge in [0.25, 0.3) is 0 Å². The minimum atomic E-state index is 0.0903. The van der Waals surface area contributed by atoms with Crippen LogP contribution >= 0.6 is 11.8 Å². The van der Waals surface area contributed by atoms with Gasteiger partial charge in [0.2, 0.25) is 5.91 Å². The normalized spacial score (nSPS) is 30.3. The van der Waals surface area contributed by atoms with Crippen molar-refractivity contribution in [1.29, 1.82) is 0 Å². The summed E-state index contributed by atoms with van der Waals surface area (Å²) in [5.41, 5.74) is 1.28. The summed E-state index contributed by atoms with van der Waals surface area (Å²) in [6.45, 7) is 2.23. The smallest absolute Gasteiger partial charge is 0.230 e.